The standard InChI is InChI=1S/C22H20ClN3O/c23-15-5-6-17-18(12-25-20(17)10-15)22(7-8-22)13-26-21(27)9-14-11-24-19-4-2-1-3-16(14)19/h1-6,10-12,24-25H,7-9,13H2,(H,26,27). The molecular weight excluding hydrogens is 358 g/mol. The highest BCUT2D eigenvalue weighted by Crippen LogP contribution is 2.50. The third-order valence-electron chi connectivity index (χ3n) is 5.72. The van der Waals surface area contributed by atoms with Gasteiger partial charge in [0.25, 0.3) is 0 Å². The number of carbonyl (C=O) groups excluding carboxylic acids is 1. The molecule has 3 N–H and O–H groups in total. The van der Waals surface area contributed by atoms with Gasteiger partial charge in [-0.25, -0.2) is 0 Å². The van der Waals surface area contributed by atoms with Crippen LogP contribution < -0.4 is 5.32 Å². The summed E-state index contributed by atoms with van der Waals surface area (Å²) in [5.74, 6) is 0.0638. The predicted octanol–water partition coefficient (Wildman–Crippen LogP) is 4.69. The van der Waals surface area contributed by atoms with Crippen molar-refractivity contribution in [2.24, 2.45) is 0 Å². The molecule has 5 rings (SSSR count). The first-order valence-corrected chi connectivity index (χ1v) is 9.61. The molecular formula is C22H20ClN3O. The quantitative estimate of drug-likeness (QED) is 0.464. The van der Waals surface area contributed by atoms with Gasteiger partial charge in [0.05, 0.1) is 6.42 Å². The van der Waals surface area contributed by atoms with Gasteiger partial charge < -0.3 is 15.3 Å². The van der Waals surface area contributed by atoms with Crippen LogP contribution in [0.1, 0.15) is 24.0 Å². The summed E-state index contributed by atoms with van der Waals surface area (Å²) < 4.78 is 0. The Bertz CT molecular complexity index is 1150. The van der Waals surface area contributed by atoms with Crippen molar-refractivity contribution < 1.29 is 4.79 Å². The molecule has 4 aromatic rings. The molecule has 5 heteroatoms. The van der Waals surface area contributed by atoms with E-state index in [1.165, 1.54) is 10.9 Å². The normalized spacial score (nSPS) is 15.3. The molecule has 1 aliphatic rings. The zero-order valence-electron chi connectivity index (χ0n) is 14.8. The average molecular weight is 378 g/mol. The van der Waals surface area contributed by atoms with Crippen molar-refractivity contribution in [2.45, 2.75) is 24.7 Å². The second-order valence-electron chi connectivity index (χ2n) is 7.49. The number of rotatable bonds is 5. The van der Waals surface area contributed by atoms with Gasteiger partial charge in [0.2, 0.25) is 5.91 Å². The SMILES string of the molecule is O=C(Cc1c[nH]c2ccccc12)NCC1(c2c[nH]c3cc(Cl)ccc23)CC1. The van der Waals surface area contributed by atoms with E-state index < -0.39 is 0 Å². The zero-order valence-corrected chi connectivity index (χ0v) is 15.6. The number of H-pyrrole nitrogens is 2. The molecule has 0 aliphatic heterocycles. The average Bonchev–Trinajstić information content (AvgIpc) is 3.17. The maximum Gasteiger partial charge on any atom is 0.224 e. The van der Waals surface area contributed by atoms with Crippen LogP contribution in [0.25, 0.3) is 21.8 Å². The van der Waals surface area contributed by atoms with Gasteiger partial charge in [-0.2, -0.15) is 0 Å². The minimum atomic E-state index is 0.0436. The monoisotopic (exact) mass is 377 g/mol. The molecule has 27 heavy (non-hydrogen) atoms. The first-order valence-electron chi connectivity index (χ1n) is 9.23. The highest BCUT2D eigenvalue weighted by atomic mass is 35.5. The first kappa shape index (κ1) is 16.5. The van der Waals surface area contributed by atoms with E-state index in [0.29, 0.717) is 13.0 Å². The van der Waals surface area contributed by atoms with Gasteiger partial charge in [-0.3, -0.25) is 4.79 Å². The number of hydrogen-bond acceptors (Lipinski definition) is 1. The van der Waals surface area contributed by atoms with E-state index in [-0.39, 0.29) is 11.3 Å². The van der Waals surface area contributed by atoms with Crippen molar-refractivity contribution in [3.8, 4) is 0 Å². The van der Waals surface area contributed by atoms with Crippen LogP contribution in [0.3, 0.4) is 0 Å². The molecule has 1 amide bonds. The smallest absolute Gasteiger partial charge is 0.224 e. The number of aromatic nitrogens is 2. The number of halogens is 1. The number of amides is 1. The molecule has 136 valence electrons. The van der Waals surface area contributed by atoms with Crippen LogP contribution in [0.4, 0.5) is 0 Å². The molecule has 1 aliphatic carbocycles. The maximum atomic E-state index is 12.6. The van der Waals surface area contributed by atoms with Gasteiger partial charge >= 0.3 is 0 Å². The third kappa shape index (κ3) is 2.90. The van der Waals surface area contributed by atoms with Crippen molar-refractivity contribution in [3.05, 3.63) is 71.0 Å². The maximum absolute atomic E-state index is 12.6. The Labute approximate surface area is 161 Å². The summed E-state index contributed by atoms with van der Waals surface area (Å²) >= 11 is 6.09. The number of carbonyl (C=O) groups is 1. The fourth-order valence-electron chi connectivity index (χ4n) is 4.01. The minimum absolute atomic E-state index is 0.0436. The Morgan fingerprint density at radius 3 is 2.70 bits per heavy atom. The van der Waals surface area contributed by atoms with Crippen LogP contribution in [-0.4, -0.2) is 22.4 Å². The summed E-state index contributed by atoms with van der Waals surface area (Å²) in [7, 11) is 0. The molecule has 0 saturated heterocycles. The van der Waals surface area contributed by atoms with Crippen LogP contribution in [0.2, 0.25) is 5.02 Å². The van der Waals surface area contributed by atoms with Gasteiger partial charge in [-0.15, -0.1) is 0 Å². The molecule has 2 heterocycles. The zero-order chi connectivity index (χ0) is 18.4. The van der Waals surface area contributed by atoms with Crippen LogP contribution in [0.15, 0.2) is 54.9 Å². The lowest BCUT2D eigenvalue weighted by molar-refractivity contribution is -0.120. The van der Waals surface area contributed by atoms with Crippen molar-refractivity contribution >= 4 is 39.3 Å². The highest BCUT2D eigenvalue weighted by Gasteiger charge is 2.45. The summed E-state index contributed by atoms with van der Waals surface area (Å²) in [5.41, 5.74) is 4.48. The van der Waals surface area contributed by atoms with Crippen LogP contribution in [-0.2, 0) is 16.6 Å². The molecule has 0 radical (unpaired) electrons. The fraction of sp³-hybridized carbons (Fsp3) is 0.227. The van der Waals surface area contributed by atoms with Gasteiger partial charge in [-0.05, 0) is 42.2 Å². The Hall–Kier alpha value is -2.72. The Kier molecular flexibility index (Phi) is 3.76. The number of benzene rings is 2. The summed E-state index contributed by atoms with van der Waals surface area (Å²) in [6, 6.07) is 14.0. The van der Waals surface area contributed by atoms with Crippen molar-refractivity contribution in [1.82, 2.24) is 15.3 Å². The molecule has 1 fully saturated rings. The number of nitrogens with one attached hydrogen (secondary N) is 3. The summed E-state index contributed by atoms with van der Waals surface area (Å²) in [4.78, 5) is 19.1. The molecule has 0 spiro atoms. The first-order chi connectivity index (χ1) is 13.1. The van der Waals surface area contributed by atoms with Crippen LogP contribution in [0.5, 0.6) is 0 Å². The van der Waals surface area contributed by atoms with Gasteiger partial charge in [0, 0.05) is 51.2 Å². The van der Waals surface area contributed by atoms with E-state index in [4.69, 9.17) is 11.6 Å². The number of fused-ring (bicyclic) bond motifs is 2. The van der Waals surface area contributed by atoms with Gasteiger partial charge in [-0.1, -0.05) is 35.9 Å². The number of para-hydroxylation sites is 1. The van der Waals surface area contributed by atoms with E-state index in [2.05, 4.69) is 27.5 Å². The topological polar surface area (TPSA) is 60.7 Å². The minimum Gasteiger partial charge on any atom is -0.361 e. The lowest BCUT2D eigenvalue weighted by atomic mass is 9.95. The number of hydrogen-bond donors (Lipinski definition) is 3. The van der Waals surface area contributed by atoms with Gasteiger partial charge in [0.1, 0.15) is 0 Å². The van der Waals surface area contributed by atoms with E-state index in [1.807, 2.05) is 42.6 Å². The molecule has 2 aromatic heterocycles. The fourth-order valence-corrected chi connectivity index (χ4v) is 4.18. The highest BCUT2D eigenvalue weighted by molar-refractivity contribution is 6.31. The van der Waals surface area contributed by atoms with Crippen molar-refractivity contribution in [2.75, 3.05) is 6.54 Å². The van der Waals surface area contributed by atoms with Gasteiger partial charge in [0.15, 0.2) is 0 Å². The Morgan fingerprint density at radius 2 is 1.85 bits per heavy atom. The molecule has 0 atom stereocenters. The summed E-state index contributed by atoms with van der Waals surface area (Å²) in [6.45, 7) is 0.670. The molecule has 2 aromatic carbocycles. The van der Waals surface area contributed by atoms with E-state index >= 15 is 0 Å². The van der Waals surface area contributed by atoms with Crippen LogP contribution in [0, 0.1) is 0 Å². The second kappa shape index (κ2) is 6.17. The Balaban J connectivity index is 1.31. The molecule has 1 saturated carbocycles. The van der Waals surface area contributed by atoms with Crippen LogP contribution >= 0.6 is 11.6 Å². The molecule has 4 nitrogen and oxygen atoms in total. The predicted molar refractivity (Wildman–Crippen MR) is 109 cm³/mol. The lowest BCUT2D eigenvalue weighted by Gasteiger charge is -2.16. The summed E-state index contributed by atoms with van der Waals surface area (Å²) in [5, 5.41) is 6.20. The molecule has 0 bridgehead atoms. The lowest BCUT2D eigenvalue weighted by Crippen LogP contribution is -2.33. The summed E-state index contributed by atoms with van der Waals surface area (Å²) in [6.07, 6.45) is 6.58. The third-order valence-corrected chi connectivity index (χ3v) is 5.95. The molecule has 0 unspecified atom stereocenters. The largest absolute Gasteiger partial charge is 0.361 e. The van der Waals surface area contributed by atoms with E-state index in [0.717, 1.165) is 39.8 Å². The second-order valence-corrected chi connectivity index (χ2v) is 7.92. The van der Waals surface area contributed by atoms with Crippen molar-refractivity contribution in [3.63, 3.8) is 0 Å². The van der Waals surface area contributed by atoms with Crippen molar-refractivity contribution in [1.29, 1.82) is 0 Å². The van der Waals surface area contributed by atoms with E-state index in [1.54, 1.807) is 0 Å². The number of aromatic amines is 2. The van der Waals surface area contributed by atoms with E-state index in [9.17, 15) is 4.79 Å². The Morgan fingerprint density at radius 1 is 1.04 bits per heavy atom.